The monoisotopic (exact) mass is 412 g/mol. The van der Waals surface area contributed by atoms with E-state index in [0.717, 1.165) is 27.2 Å². The number of nitrogens with zero attached hydrogens (tertiary/aromatic N) is 2. The Kier molecular flexibility index (Phi) is 4.19. The highest BCUT2D eigenvalue weighted by Crippen LogP contribution is 2.41. The van der Waals surface area contributed by atoms with Crippen LogP contribution in [-0.2, 0) is 5.41 Å². The predicted molar refractivity (Wildman–Crippen MR) is 126 cm³/mol. The first kappa shape index (κ1) is 19.4. The largest absolute Gasteiger partial charge is 0.493 e. The standard InChI is InChI=1S/C26H24N2O3/c1-26(2,3)15-10-11-17-20(14-15)28-24(27-19-9-7-6-8-16(19)25(28)29)18-12-13-21(30-4)23(31-5)22(17)18/h6-14H,1-5H3. The number of rotatable bonds is 2. The van der Waals surface area contributed by atoms with Crippen LogP contribution in [0.5, 0.6) is 11.5 Å². The van der Waals surface area contributed by atoms with Crippen LogP contribution in [0.15, 0.2) is 59.4 Å². The zero-order valence-electron chi connectivity index (χ0n) is 18.3. The van der Waals surface area contributed by atoms with Crippen LogP contribution in [0.4, 0.5) is 0 Å². The number of ether oxygens (including phenoxy) is 2. The van der Waals surface area contributed by atoms with Crippen LogP contribution in [0, 0.1) is 0 Å². The Balaban J connectivity index is 2.14. The Morgan fingerprint density at radius 2 is 1.61 bits per heavy atom. The Morgan fingerprint density at radius 3 is 2.32 bits per heavy atom. The number of hydrogen-bond acceptors (Lipinski definition) is 4. The molecule has 5 heteroatoms. The van der Waals surface area contributed by atoms with E-state index in [4.69, 9.17) is 14.5 Å². The molecule has 0 amide bonds. The molecule has 0 unspecified atom stereocenters. The lowest BCUT2D eigenvalue weighted by atomic mass is 9.86. The highest BCUT2D eigenvalue weighted by Gasteiger charge is 2.21. The smallest absolute Gasteiger partial charge is 0.266 e. The summed E-state index contributed by atoms with van der Waals surface area (Å²) >= 11 is 0. The van der Waals surface area contributed by atoms with Crippen molar-refractivity contribution in [1.29, 1.82) is 0 Å². The van der Waals surface area contributed by atoms with Gasteiger partial charge >= 0.3 is 0 Å². The highest BCUT2D eigenvalue weighted by molar-refractivity contribution is 6.16. The van der Waals surface area contributed by atoms with Crippen molar-refractivity contribution in [2.45, 2.75) is 26.2 Å². The van der Waals surface area contributed by atoms with Crippen molar-refractivity contribution in [3.05, 3.63) is 70.5 Å². The SMILES string of the molecule is COc1ccc2c(c1OC)c1ccc(C(C)(C)C)cc1n1c(=O)c3ccccc3nc21. The normalized spacial score (nSPS) is 12.2. The van der Waals surface area contributed by atoms with Crippen LogP contribution >= 0.6 is 0 Å². The van der Waals surface area contributed by atoms with Gasteiger partial charge in [0.2, 0.25) is 0 Å². The van der Waals surface area contributed by atoms with Crippen molar-refractivity contribution < 1.29 is 9.47 Å². The number of aromatic nitrogens is 2. The molecule has 0 bridgehead atoms. The van der Waals surface area contributed by atoms with E-state index in [1.807, 2.05) is 36.4 Å². The van der Waals surface area contributed by atoms with Gasteiger partial charge in [-0.25, -0.2) is 4.98 Å². The molecule has 2 aromatic heterocycles. The number of fused-ring (bicyclic) bond motifs is 7. The van der Waals surface area contributed by atoms with Gasteiger partial charge < -0.3 is 9.47 Å². The van der Waals surface area contributed by atoms with Gasteiger partial charge in [-0.05, 0) is 41.3 Å². The van der Waals surface area contributed by atoms with E-state index in [-0.39, 0.29) is 11.0 Å². The highest BCUT2D eigenvalue weighted by atomic mass is 16.5. The lowest BCUT2D eigenvalue weighted by molar-refractivity contribution is 0.359. The maximum Gasteiger partial charge on any atom is 0.266 e. The van der Waals surface area contributed by atoms with Crippen LogP contribution in [0.25, 0.3) is 38.2 Å². The quantitative estimate of drug-likeness (QED) is 0.285. The fourth-order valence-corrected chi connectivity index (χ4v) is 4.31. The van der Waals surface area contributed by atoms with Gasteiger partial charge in [-0.1, -0.05) is 45.0 Å². The Morgan fingerprint density at radius 1 is 0.871 bits per heavy atom. The maximum atomic E-state index is 13.7. The molecule has 0 radical (unpaired) electrons. The summed E-state index contributed by atoms with van der Waals surface area (Å²) in [4.78, 5) is 18.6. The third-order valence-electron chi connectivity index (χ3n) is 5.94. The van der Waals surface area contributed by atoms with E-state index < -0.39 is 0 Å². The van der Waals surface area contributed by atoms with Crippen LogP contribution in [0.1, 0.15) is 26.3 Å². The predicted octanol–water partition coefficient (Wildman–Crippen LogP) is 5.47. The van der Waals surface area contributed by atoms with Crippen molar-refractivity contribution in [1.82, 2.24) is 9.38 Å². The first-order valence-corrected chi connectivity index (χ1v) is 10.3. The van der Waals surface area contributed by atoms with E-state index >= 15 is 0 Å². The van der Waals surface area contributed by atoms with Crippen LogP contribution in [-0.4, -0.2) is 23.6 Å². The van der Waals surface area contributed by atoms with Gasteiger partial charge in [-0.15, -0.1) is 0 Å². The second-order valence-electron chi connectivity index (χ2n) is 8.80. The summed E-state index contributed by atoms with van der Waals surface area (Å²) < 4.78 is 13.1. The van der Waals surface area contributed by atoms with E-state index in [0.29, 0.717) is 28.0 Å². The molecule has 0 aliphatic carbocycles. The van der Waals surface area contributed by atoms with Crippen LogP contribution in [0.2, 0.25) is 0 Å². The minimum absolute atomic E-state index is 0.0676. The van der Waals surface area contributed by atoms with E-state index in [1.165, 1.54) is 0 Å². The molecule has 156 valence electrons. The Hall–Kier alpha value is -3.60. The summed E-state index contributed by atoms with van der Waals surface area (Å²) in [6.07, 6.45) is 0. The lowest BCUT2D eigenvalue weighted by Gasteiger charge is -2.21. The molecule has 5 aromatic rings. The van der Waals surface area contributed by atoms with Crippen molar-refractivity contribution >= 4 is 38.2 Å². The zero-order chi connectivity index (χ0) is 21.9. The van der Waals surface area contributed by atoms with Crippen molar-refractivity contribution in [2.24, 2.45) is 0 Å². The van der Waals surface area contributed by atoms with Gasteiger partial charge in [-0.3, -0.25) is 9.20 Å². The molecule has 0 aliphatic rings. The number of pyridine rings is 1. The Labute approximate surface area is 179 Å². The minimum atomic E-state index is -0.0756. The average molecular weight is 412 g/mol. The van der Waals surface area contributed by atoms with Gasteiger partial charge in [0.25, 0.3) is 5.56 Å². The van der Waals surface area contributed by atoms with Gasteiger partial charge in [0.15, 0.2) is 11.5 Å². The minimum Gasteiger partial charge on any atom is -0.493 e. The maximum absolute atomic E-state index is 13.7. The number of para-hydroxylation sites is 1. The van der Waals surface area contributed by atoms with Crippen molar-refractivity contribution in [3.8, 4) is 11.5 Å². The summed E-state index contributed by atoms with van der Waals surface area (Å²) in [6.45, 7) is 6.49. The summed E-state index contributed by atoms with van der Waals surface area (Å²) in [5.74, 6) is 1.28. The molecular weight excluding hydrogens is 388 g/mol. The molecule has 31 heavy (non-hydrogen) atoms. The average Bonchev–Trinajstić information content (AvgIpc) is 2.77. The fourth-order valence-electron chi connectivity index (χ4n) is 4.31. The van der Waals surface area contributed by atoms with Gasteiger partial charge in [0, 0.05) is 16.2 Å². The molecule has 2 heterocycles. The van der Waals surface area contributed by atoms with Gasteiger partial charge in [0.05, 0.1) is 30.6 Å². The first-order chi connectivity index (χ1) is 14.8. The van der Waals surface area contributed by atoms with Gasteiger partial charge in [0.1, 0.15) is 5.65 Å². The molecular formula is C26H24N2O3. The summed E-state index contributed by atoms with van der Waals surface area (Å²) in [7, 11) is 3.26. The molecule has 5 rings (SSSR count). The molecule has 0 atom stereocenters. The number of methoxy groups -OCH3 is 2. The molecule has 5 nitrogen and oxygen atoms in total. The lowest BCUT2D eigenvalue weighted by Crippen LogP contribution is -2.18. The number of benzene rings is 3. The van der Waals surface area contributed by atoms with E-state index in [1.54, 1.807) is 18.6 Å². The second kappa shape index (κ2) is 6.71. The molecule has 0 N–H and O–H groups in total. The second-order valence-corrected chi connectivity index (χ2v) is 8.80. The molecule has 0 spiro atoms. The third-order valence-corrected chi connectivity index (χ3v) is 5.94. The fraction of sp³-hybridized carbons (Fsp3) is 0.231. The third kappa shape index (κ3) is 2.76. The number of hydrogen-bond donors (Lipinski definition) is 0. The molecule has 0 aliphatic heterocycles. The van der Waals surface area contributed by atoms with Crippen LogP contribution in [0.3, 0.4) is 0 Å². The van der Waals surface area contributed by atoms with Crippen molar-refractivity contribution in [3.63, 3.8) is 0 Å². The van der Waals surface area contributed by atoms with E-state index in [2.05, 4.69) is 39.0 Å². The summed E-state index contributed by atoms with van der Waals surface area (Å²) in [6, 6.07) is 17.6. The molecule has 0 saturated carbocycles. The Bertz CT molecular complexity index is 1560. The van der Waals surface area contributed by atoms with E-state index in [9.17, 15) is 4.79 Å². The van der Waals surface area contributed by atoms with Crippen LogP contribution < -0.4 is 15.0 Å². The summed E-state index contributed by atoms with van der Waals surface area (Å²) in [5, 5.41) is 3.25. The molecule has 0 fully saturated rings. The molecule has 0 saturated heterocycles. The zero-order valence-corrected chi connectivity index (χ0v) is 18.3. The topological polar surface area (TPSA) is 52.8 Å². The first-order valence-electron chi connectivity index (χ1n) is 10.3. The van der Waals surface area contributed by atoms with Gasteiger partial charge in [-0.2, -0.15) is 0 Å². The van der Waals surface area contributed by atoms with Crippen molar-refractivity contribution in [2.75, 3.05) is 14.2 Å². The molecule has 3 aromatic carbocycles. The summed E-state index contributed by atoms with van der Waals surface area (Å²) in [5.41, 5.74) is 3.09.